The van der Waals surface area contributed by atoms with Crippen molar-refractivity contribution >= 4 is 17.4 Å². The van der Waals surface area contributed by atoms with E-state index in [2.05, 4.69) is 5.32 Å². The maximum Gasteiger partial charge on any atom is 0.321 e. The summed E-state index contributed by atoms with van der Waals surface area (Å²) in [5, 5.41) is 2.97. The third-order valence-electron chi connectivity index (χ3n) is 3.80. The minimum atomic E-state index is 0.0311. The van der Waals surface area contributed by atoms with E-state index in [1.807, 2.05) is 29.2 Å². The number of benzene rings is 1. The first-order chi connectivity index (χ1) is 9.20. The Morgan fingerprint density at radius 1 is 1.11 bits per heavy atom. The second-order valence-corrected chi connectivity index (χ2v) is 5.84. The summed E-state index contributed by atoms with van der Waals surface area (Å²) >= 11 is 0. The molecule has 0 unspecified atom stereocenters. The number of amides is 2. The predicted molar refractivity (Wildman–Crippen MR) is 76.9 cm³/mol. The molecular weight excluding hydrogens is 238 g/mol. The SMILES string of the molecule is Nc1ccc(NC(=O)N(CC2CC2)CC2CC2)cc1. The predicted octanol–water partition coefficient (Wildman–Crippen LogP) is 2.92. The summed E-state index contributed by atoms with van der Waals surface area (Å²) in [6.07, 6.45) is 5.10. The van der Waals surface area contributed by atoms with Crippen LogP contribution in [0.3, 0.4) is 0 Å². The highest BCUT2D eigenvalue weighted by Gasteiger charge is 2.31. The summed E-state index contributed by atoms with van der Waals surface area (Å²) in [7, 11) is 0. The maximum absolute atomic E-state index is 12.3. The molecule has 0 radical (unpaired) electrons. The first kappa shape index (κ1) is 12.3. The molecule has 0 saturated heterocycles. The quantitative estimate of drug-likeness (QED) is 0.799. The van der Waals surface area contributed by atoms with E-state index in [9.17, 15) is 4.79 Å². The van der Waals surface area contributed by atoms with Crippen LogP contribution in [0.5, 0.6) is 0 Å². The van der Waals surface area contributed by atoms with Gasteiger partial charge in [-0.3, -0.25) is 0 Å². The number of anilines is 2. The average molecular weight is 259 g/mol. The first-order valence-corrected chi connectivity index (χ1v) is 7.12. The molecule has 102 valence electrons. The Morgan fingerprint density at radius 3 is 2.11 bits per heavy atom. The third-order valence-corrected chi connectivity index (χ3v) is 3.80. The largest absolute Gasteiger partial charge is 0.399 e. The number of rotatable bonds is 5. The van der Waals surface area contributed by atoms with Crippen LogP contribution in [-0.4, -0.2) is 24.0 Å². The van der Waals surface area contributed by atoms with Crippen LogP contribution in [0.15, 0.2) is 24.3 Å². The second-order valence-electron chi connectivity index (χ2n) is 5.84. The molecule has 4 nitrogen and oxygen atoms in total. The highest BCUT2D eigenvalue weighted by Crippen LogP contribution is 2.33. The Labute approximate surface area is 114 Å². The van der Waals surface area contributed by atoms with E-state index in [4.69, 9.17) is 5.73 Å². The number of nitrogen functional groups attached to an aromatic ring is 1. The summed E-state index contributed by atoms with van der Waals surface area (Å²) in [6, 6.07) is 7.34. The molecule has 2 fully saturated rings. The van der Waals surface area contributed by atoms with E-state index in [1.54, 1.807) is 0 Å². The molecule has 0 bridgehead atoms. The molecule has 0 atom stereocenters. The second kappa shape index (κ2) is 5.11. The molecule has 0 heterocycles. The molecule has 2 amide bonds. The van der Waals surface area contributed by atoms with E-state index in [0.29, 0.717) is 5.69 Å². The van der Waals surface area contributed by atoms with Crippen molar-refractivity contribution in [1.82, 2.24) is 4.90 Å². The molecule has 2 aliphatic carbocycles. The minimum Gasteiger partial charge on any atom is -0.399 e. The van der Waals surface area contributed by atoms with Gasteiger partial charge >= 0.3 is 6.03 Å². The van der Waals surface area contributed by atoms with Gasteiger partial charge in [0.2, 0.25) is 0 Å². The number of urea groups is 1. The minimum absolute atomic E-state index is 0.0311. The van der Waals surface area contributed by atoms with Crippen molar-refractivity contribution in [3.8, 4) is 0 Å². The van der Waals surface area contributed by atoms with E-state index in [0.717, 1.165) is 30.6 Å². The molecule has 4 heteroatoms. The van der Waals surface area contributed by atoms with Crippen LogP contribution in [0, 0.1) is 11.8 Å². The van der Waals surface area contributed by atoms with Crippen molar-refractivity contribution in [2.75, 3.05) is 24.1 Å². The summed E-state index contributed by atoms with van der Waals surface area (Å²) in [5.74, 6) is 1.46. The number of nitrogens with two attached hydrogens (primary N) is 1. The van der Waals surface area contributed by atoms with Crippen molar-refractivity contribution in [3.05, 3.63) is 24.3 Å². The number of hydrogen-bond donors (Lipinski definition) is 2. The summed E-state index contributed by atoms with van der Waals surface area (Å²) in [4.78, 5) is 14.3. The molecular formula is C15H21N3O. The number of carbonyl (C=O) groups is 1. The fraction of sp³-hybridized carbons (Fsp3) is 0.533. The van der Waals surface area contributed by atoms with E-state index in [-0.39, 0.29) is 6.03 Å². The van der Waals surface area contributed by atoms with E-state index < -0.39 is 0 Å². The van der Waals surface area contributed by atoms with Gasteiger partial charge in [0.25, 0.3) is 0 Å². The zero-order valence-electron chi connectivity index (χ0n) is 11.1. The molecule has 3 N–H and O–H groups in total. The smallest absolute Gasteiger partial charge is 0.321 e. The normalized spacial score (nSPS) is 18.1. The Bertz CT molecular complexity index is 435. The zero-order valence-corrected chi connectivity index (χ0v) is 11.1. The lowest BCUT2D eigenvalue weighted by atomic mass is 10.3. The van der Waals surface area contributed by atoms with Crippen LogP contribution in [0.25, 0.3) is 0 Å². The van der Waals surface area contributed by atoms with Gasteiger partial charge in [0.15, 0.2) is 0 Å². The molecule has 19 heavy (non-hydrogen) atoms. The monoisotopic (exact) mass is 259 g/mol. The molecule has 2 aliphatic rings. The fourth-order valence-electron chi connectivity index (χ4n) is 2.23. The van der Waals surface area contributed by atoms with Crippen molar-refractivity contribution in [2.45, 2.75) is 25.7 Å². The molecule has 2 saturated carbocycles. The van der Waals surface area contributed by atoms with Gasteiger partial charge in [-0.15, -0.1) is 0 Å². The number of nitrogens with one attached hydrogen (secondary N) is 1. The Balaban J connectivity index is 1.59. The number of carbonyl (C=O) groups excluding carboxylic acids is 1. The van der Waals surface area contributed by atoms with Crippen molar-refractivity contribution in [2.24, 2.45) is 11.8 Å². The summed E-state index contributed by atoms with van der Waals surface area (Å²) < 4.78 is 0. The third kappa shape index (κ3) is 3.63. The lowest BCUT2D eigenvalue weighted by Crippen LogP contribution is -2.38. The molecule has 1 aromatic carbocycles. The number of nitrogens with zero attached hydrogens (tertiary/aromatic N) is 1. The Hall–Kier alpha value is -1.71. The van der Waals surface area contributed by atoms with Crippen LogP contribution in [0.4, 0.5) is 16.2 Å². The maximum atomic E-state index is 12.3. The molecule has 3 rings (SSSR count). The molecule has 1 aromatic rings. The summed E-state index contributed by atoms with van der Waals surface area (Å²) in [6.45, 7) is 1.83. The van der Waals surface area contributed by atoms with Crippen LogP contribution < -0.4 is 11.1 Å². The molecule has 0 aromatic heterocycles. The lowest BCUT2D eigenvalue weighted by Gasteiger charge is -2.23. The highest BCUT2D eigenvalue weighted by atomic mass is 16.2. The van der Waals surface area contributed by atoms with Crippen LogP contribution in [-0.2, 0) is 0 Å². The van der Waals surface area contributed by atoms with Gasteiger partial charge < -0.3 is 16.0 Å². The van der Waals surface area contributed by atoms with Crippen LogP contribution in [0.1, 0.15) is 25.7 Å². The van der Waals surface area contributed by atoms with Gasteiger partial charge in [0.1, 0.15) is 0 Å². The molecule has 0 spiro atoms. The number of hydrogen-bond acceptors (Lipinski definition) is 2. The van der Waals surface area contributed by atoms with Gasteiger partial charge in [-0.1, -0.05) is 0 Å². The van der Waals surface area contributed by atoms with Crippen molar-refractivity contribution in [1.29, 1.82) is 0 Å². The van der Waals surface area contributed by atoms with Gasteiger partial charge in [-0.25, -0.2) is 4.79 Å². The van der Waals surface area contributed by atoms with Gasteiger partial charge in [-0.2, -0.15) is 0 Å². The van der Waals surface area contributed by atoms with Gasteiger partial charge in [0.05, 0.1) is 0 Å². The topological polar surface area (TPSA) is 58.4 Å². The molecule has 0 aliphatic heterocycles. The standard InChI is InChI=1S/C15H21N3O/c16-13-5-7-14(8-6-13)17-15(19)18(9-11-1-2-11)10-12-3-4-12/h5-8,11-12H,1-4,9-10,16H2,(H,17,19). The van der Waals surface area contributed by atoms with Crippen LogP contribution >= 0.6 is 0 Å². The fourth-order valence-corrected chi connectivity index (χ4v) is 2.23. The van der Waals surface area contributed by atoms with E-state index >= 15 is 0 Å². The van der Waals surface area contributed by atoms with Gasteiger partial charge in [-0.05, 0) is 61.8 Å². The Kier molecular flexibility index (Phi) is 3.32. The van der Waals surface area contributed by atoms with Gasteiger partial charge in [0, 0.05) is 24.5 Å². The Morgan fingerprint density at radius 2 is 1.63 bits per heavy atom. The highest BCUT2D eigenvalue weighted by molar-refractivity contribution is 5.89. The lowest BCUT2D eigenvalue weighted by molar-refractivity contribution is 0.206. The summed E-state index contributed by atoms with van der Waals surface area (Å²) in [5.41, 5.74) is 7.17. The zero-order chi connectivity index (χ0) is 13.2. The van der Waals surface area contributed by atoms with Crippen molar-refractivity contribution in [3.63, 3.8) is 0 Å². The first-order valence-electron chi connectivity index (χ1n) is 7.12. The average Bonchev–Trinajstić information content (AvgIpc) is 3.26. The van der Waals surface area contributed by atoms with Crippen LogP contribution in [0.2, 0.25) is 0 Å². The van der Waals surface area contributed by atoms with Crippen molar-refractivity contribution < 1.29 is 4.79 Å². The van der Waals surface area contributed by atoms with E-state index in [1.165, 1.54) is 25.7 Å².